The molecule has 3 aromatic carbocycles. The van der Waals surface area contributed by atoms with Crippen LogP contribution < -0.4 is 24.2 Å². The predicted molar refractivity (Wildman–Crippen MR) is 121 cm³/mol. The Labute approximate surface area is 192 Å². The first-order chi connectivity index (χ1) is 14.4. The van der Waals surface area contributed by atoms with E-state index in [1.54, 1.807) is 0 Å². The maximum absolute atomic E-state index is 5.16. The van der Waals surface area contributed by atoms with Gasteiger partial charge in [0.15, 0.2) is 0 Å². The van der Waals surface area contributed by atoms with Crippen LogP contribution in [0.2, 0.25) is 0 Å². The van der Waals surface area contributed by atoms with Crippen molar-refractivity contribution in [1.29, 1.82) is 0 Å². The molecule has 2 atom stereocenters. The minimum absolute atomic E-state index is 0. The van der Waals surface area contributed by atoms with E-state index in [1.165, 1.54) is 22.3 Å². The smallest absolute Gasteiger partial charge is 0.457 e. The van der Waals surface area contributed by atoms with E-state index in [0.717, 1.165) is 25.1 Å². The third-order valence-electron chi connectivity index (χ3n) is 5.33. The van der Waals surface area contributed by atoms with Gasteiger partial charge in [0.25, 0.3) is 0 Å². The van der Waals surface area contributed by atoms with Crippen LogP contribution in [-0.2, 0) is 0 Å². The zero-order valence-electron chi connectivity index (χ0n) is 17.6. The Morgan fingerprint density at radius 1 is 0.833 bits per heavy atom. The summed E-state index contributed by atoms with van der Waals surface area (Å²) < 4.78 is 0. The van der Waals surface area contributed by atoms with Gasteiger partial charge in [0.1, 0.15) is 0 Å². The van der Waals surface area contributed by atoms with Crippen LogP contribution in [0.3, 0.4) is 0 Å². The van der Waals surface area contributed by atoms with Gasteiger partial charge in [-0.05, 0) is 53.6 Å². The summed E-state index contributed by atoms with van der Waals surface area (Å²) >= 11 is 0. The van der Waals surface area contributed by atoms with Gasteiger partial charge >= 0.3 is 18.9 Å². The zero-order chi connectivity index (χ0) is 19.9. The number of unbranched alkanes of at least 4 members (excludes halogenated alkanes) is 1. The van der Waals surface area contributed by atoms with Crippen LogP contribution in [0.5, 0.6) is 0 Å². The van der Waals surface area contributed by atoms with Gasteiger partial charge in [-0.3, -0.25) is 0 Å². The summed E-state index contributed by atoms with van der Waals surface area (Å²) in [6.07, 6.45) is 4.97. The van der Waals surface area contributed by atoms with E-state index in [4.69, 9.17) is 10.6 Å². The molecule has 1 aliphatic rings. The summed E-state index contributed by atoms with van der Waals surface area (Å²) in [5.41, 5.74) is 4.85. The van der Waals surface area contributed by atoms with Crippen LogP contribution in [0, 0.1) is 0 Å². The molecule has 1 radical (unpaired) electrons. The van der Waals surface area contributed by atoms with E-state index in [1.807, 2.05) is 6.08 Å². The molecular weight excluding hydrogens is 359 g/mol. The van der Waals surface area contributed by atoms with Crippen LogP contribution in [0.15, 0.2) is 109 Å². The molecule has 0 bridgehead atoms. The molecule has 1 saturated heterocycles. The maximum Gasteiger partial charge on any atom is 1.00 e. The van der Waals surface area contributed by atoms with Crippen LogP contribution in [0.1, 0.15) is 48.0 Å². The van der Waals surface area contributed by atoms with E-state index < -0.39 is 0 Å². The summed E-state index contributed by atoms with van der Waals surface area (Å²) in [6.45, 7) is 3.87. The molecule has 0 N–H and O–H groups in total. The molecule has 2 nitrogen and oxygen atoms in total. The number of rotatable bonds is 7. The van der Waals surface area contributed by atoms with Gasteiger partial charge in [0, 0.05) is 0 Å². The minimum Gasteiger partial charge on any atom is -0.457 e. The number of nitrogens with zero attached hydrogens (tertiary/aromatic N) is 2. The predicted octanol–water partition coefficient (Wildman–Crippen LogP) is 4.19. The molecule has 0 aromatic heterocycles. The second kappa shape index (κ2) is 10.9. The van der Waals surface area contributed by atoms with Crippen molar-refractivity contribution in [1.82, 2.24) is 5.32 Å². The Kier molecular flexibility index (Phi) is 8.02. The van der Waals surface area contributed by atoms with Gasteiger partial charge in [-0.15, -0.1) is 6.58 Å². The van der Waals surface area contributed by atoms with Crippen LogP contribution >= 0.6 is 0 Å². The minimum atomic E-state index is 0. The Bertz CT molecular complexity index is 902. The molecule has 0 aliphatic carbocycles. The molecule has 145 valence electrons. The average Bonchev–Trinajstić information content (AvgIpc) is 3.24. The van der Waals surface area contributed by atoms with Crippen molar-refractivity contribution in [3.8, 4) is 0 Å². The third kappa shape index (κ3) is 5.08. The Balaban J connectivity index is 0.00000256. The molecule has 30 heavy (non-hydrogen) atoms. The quantitative estimate of drug-likeness (QED) is 0.331. The molecule has 3 aromatic rings. The Morgan fingerprint density at radius 3 is 2.00 bits per heavy atom. The molecular formula is C27H26LiN2. The monoisotopic (exact) mass is 385 g/mol. The van der Waals surface area contributed by atoms with E-state index in [0.29, 0.717) is 0 Å². The molecule has 1 aliphatic heterocycles. The fraction of sp³-hybridized carbons (Fsp3) is 0.185. The van der Waals surface area contributed by atoms with E-state index in [2.05, 4.69) is 97.6 Å². The number of hydrogen-bond acceptors (Lipinski definition) is 0. The molecule has 3 heteroatoms. The maximum atomic E-state index is 5.16. The normalized spacial score (nSPS) is 17.4. The molecule has 0 unspecified atom stereocenters. The topological polar surface area (TPSA) is 28.2 Å². The Hall–Kier alpha value is -2.66. The fourth-order valence-corrected chi connectivity index (χ4v) is 3.86. The van der Waals surface area contributed by atoms with Gasteiger partial charge in [-0.25, -0.2) is 0 Å². The number of hydrogen-bond donors (Lipinski definition) is 0. The van der Waals surface area contributed by atoms with Crippen molar-refractivity contribution in [2.24, 2.45) is 0 Å². The molecule has 1 fully saturated rings. The summed E-state index contributed by atoms with van der Waals surface area (Å²) in [6, 6.07) is 31.6. The third-order valence-corrected chi connectivity index (χ3v) is 5.33. The van der Waals surface area contributed by atoms with Gasteiger partial charge in [-0.2, -0.15) is 0 Å². The standard InChI is InChI=1S/C27H26N2.Li/c1-2-3-7-20-24(21-14-8-4-9-15-21)27-28-25(22-16-10-5-11-17-22)26(29-27)23-18-12-6-13-19-23;/h2,4-6,8-19,25-26H,1,3,7,20H2;/q-1;+1/t25-,26-;/m0./s1. The molecule has 0 saturated carbocycles. The van der Waals surface area contributed by atoms with Crippen molar-refractivity contribution in [3.63, 3.8) is 0 Å². The average molecular weight is 385 g/mol. The SMILES string of the molecule is C=CCCCC(=C1[N][C@@H](c2ccccc2)[C@H](c2ccccc2)[N-]1)c1ccccc1.[Li+]. The van der Waals surface area contributed by atoms with Gasteiger partial charge in [-0.1, -0.05) is 103 Å². The molecule has 4 rings (SSSR count). The van der Waals surface area contributed by atoms with Crippen molar-refractivity contribution in [2.75, 3.05) is 0 Å². The van der Waals surface area contributed by atoms with Gasteiger partial charge in [0.05, 0.1) is 0 Å². The molecule has 1 heterocycles. The second-order valence-corrected chi connectivity index (χ2v) is 7.32. The number of benzene rings is 3. The molecule has 0 amide bonds. The van der Waals surface area contributed by atoms with Crippen LogP contribution in [-0.4, -0.2) is 0 Å². The largest absolute Gasteiger partial charge is 1.00 e. The first kappa shape index (κ1) is 22.0. The van der Waals surface area contributed by atoms with Crippen molar-refractivity contribution < 1.29 is 18.9 Å². The van der Waals surface area contributed by atoms with Crippen LogP contribution in [0.25, 0.3) is 10.9 Å². The van der Waals surface area contributed by atoms with Crippen LogP contribution in [0.4, 0.5) is 0 Å². The summed E-state index contributed by atoms with van der Waals surface area (Å²) in [5.74, 6) is 0.892. The van der Waals surface area contributed by atoms with Crippen molar-refractivity contribution in [3.05, 3.63) is 131 Å². The fourth-order valence-electron chi connectivity index (χ4n) is 3.86. The molecule has 0 spiro atoms. The summed E-state index contributed by atoms with van der Waals surface area (Å²) in [5, 5.41) is 10.3. The van der Waals surface area contributed by atoms with Crippen molar-refractivity contribution in [2.45, 2.75) is 31.3 Å². The Morgan fingerprint density at radius 2 is 1.40 bits per heavy atom. The van der Waals surface area contributed by atoms with E-state index in [9.17, 15) is 0 Å². The second-order valence-electron chi connectivity index (χ2n) is 7.32. The van der Waals surface area contributed by atoms with E-state index >= 15 is 0 Å². The first-order valence-electron chi connectivity index (χ1n) is 10.3. The number of allylic oxidation sites excluding steroid dienone is 2. The first-order valence-corrected chi connectivity index (χ1v) is 10.3. The van der Waals surface area contributed by atoms with Crippen molar-refractivity contribution >= 4 is 5.57 Å². The van der Waals surface area contributed by atoms with E-state index in [-0.39, 0.29) is 30.9 Å². The van der Waals surface area contributed by atoms with Gasteiger partial charge < -0.3 is 10.6 Å². The van der Waals surface area contributed by atoms with Gasteiger partial charge in [0.2, 0.25) is 0 Å². The zero-order valence-corrected chi connectivity index (χ0v) is 17.6. The summed E-state index contributed by atoms with van der Waals surface area (Å²) in [7, 11) is 0. The summed E-state index contributed by atoms with van der Waals surface area (Å²) in [4.78, 5) is 0.